The van der Waals surface area contributed by atoms with E-state index in [0.717, 1.165) is 0 Å². The Kier molecular flexibility index (Phi) is 7.03. The maximum absolute atomic E-state index is 12.2. The van der Waals surface area contributed by atoms with Crippen LogP contribution in [0.3, 0.4) is 0 Å². The zero-order chi connectivity index (χ0) is 20.7. The molecule has 8 heteroatoms. The number of ether oxygens (including phenoxy) is 3. The molecule has 1 unspecified atom stereocenters. The van der Waals surface area contributed by atoms with Crippen LogP contribution in [0.2, 0.25) is 0 Å². The standard InChI is InChI=1S/C20H19F3O5/c1-13(19(25)26-2)9-10-27-18-8-5-15(11-16(18)12-24)14-3-6-17(7-4-14)28-20(21,22)23/h3-8,11-13H,9-10H2,1-2H3. The van der Waals surface area contributed by atoms with Gasteiger partial charge in [0.15, 0.2) is 6.29 Å². The van der Waals surface area contributed by atoms with Crippen molar-refractivity contribution in [1.29, 1.82) is 0 Å². The Morgan fingerprint density at radius 2 is 1.75 bits per heavy atom. The van der Waals surface area contributed by atoms with Crippen molar-refractivity contribution in [2.45, 2.75) is 19.7 Å². The molecule has 0 bridgehead atoms. The van der Waals surface area contributed by atoms with Crippen molar-refractivity contribution >= 4 is 12.3 Å². The van der Waals surface area contributed by atoms with Crippen LogP contribution in [0, 0.1) is 5.92 Å². The molecule has 0 aromatic heterocycles. The van der Waals surface area contributed by atoms with Crippen LogP contribution in [0.1, 0.15) is 23.7 Å². The van der Waals surface area contributed by atoms with E-state index in [1.54, 1.807) is 25.1 Å². The second-order valence-electron chi connectivity index (χ2n) is 6.00. The number of aldehydes is 1. The lowest BCUT2D eigenvalue weighted by atomic mass is 10.0. The van der Waals surface area contributed by atoms with E-state index < -0.39 is 6.36 Å². The van der Waals surface area contributed by atoms with E-state index in [0.29, 0.717) is 35.1 Å². The lowest BCUT2D eigenvalue weighted by Crippen LogP contribution is -2.16. The summed E-state index contributed by atoms with van der Waals surface area (Å²) in [5.41, 5.74) is 1.54. The number of carbonyl (C=O) groups excluding carboxylic acids is 2. The molecule has 28 heavy (non-hydrogen) atoms. The van der Waals surface area contributed by atoms with Crippen LogP contribution >= 0.6 is 0 Å². The van der Waals surface area contributed by atoms with Gasteiger partial charge < -0.3 is 14.2 Å². The highest BCUT2D eigenvalue weighted by Gasteiger charge is 2.30. The van der Waals surface area contributed by atoms with Crippen LogP contribution in [0.25, 0.3) is 11.1 Å². The van der Waals surface area contributed by atoms with Crippen molar-refractivity contribution in [3.05, 3.63) is 48.0 Å². The third-order valence-corrected chi connectivity index (χ3v) is 3.97. The van der Waals surface area contributed by atoms with Gasteiger partial charge in [-0.3, -0.25) is 9.59 Å². The van der Waals surface area contributed by atoms with E-state index in [1.165, 1.54) is 31.4 Å². The van der Waals surface area contributed by atoms with Gasteiger partial charge in [-0.1, -0.05) is 25.1 Å². The molecule has 150 valence electrons. The Bertz CT molecular complexity index is 816. The normalized spacial score (nSPS) is 12.2. The summed E-state index contributed by atoms with van der Waals surface area (Å²) in [6.45, 7) is 1.94. The molecule has 0 radical (unpaired) electrons. The van der Waals surface area contributed by atoms with Crippen molar-refractivity contribution in [2.75, 3.05) is 13.7 Å². The minimum Gasteiger partial charge on any atom is -0.493 e. The summed E-state index contributed by atoms with van der Waals surface area (Å²) in [6.07, 6.45) is -3.70. The largest absolute Gasteiger partial charge is 0.573 e. The minimum atomic E-state index is -4.75. The van der Waals surface area contributed by atoms with Crippen molar-refractivity contribution < 1.29 is 37.0 Å². The van der Waals surface area contributed by atoms with E-state index in [4.69, 9.17) is 4.74 Å². The third kappa shape index (κ3) is 6.00. The summed E-state index contributed by atoms with van der Waals surface area (Å²) in [4.78, 5) is 22.7. The molecule has 2 aromatic rings. The fourth-order valence-corrected chi connectivity index (χ4v) is 2.47. The highest BCUT2D eigenvalue weighted by Crippen LogP contribution is 2.29. The molecule has 0 aliphatic heterocycles. The topological polar surface area (TPSA) is 61.8 Å². The molecule has 0 saturated heterocycles. The van der Waals surface area contributed by atoms with Gasteiger partial charge in [-0.05, 0) is 41.8 Å². The molecule has 2 aromatic carbocycles. The quantitative estimate of drug-likeness (QED) is 0.480. The van der Waals surface area contributed by atoms with Gasteiger partial charge in [-0.15, -0.1) is 13.2 Å². The van der Waals surface area contributed by atoms with Gasteiger partial charge in [-0.2, -0.15) is 0 Å². The first kappa shape index (κ1) is 21.3. The van der Waals surface area contributed by atoms with Gasteiger partial charge >= 0.3 is 12.3 Å². The number of hydrogen-bond donors (Lipinski definition) is 0. The van der Waals surface area contributed by atoms with Crippen LogP contribution in [-0.2, 0) is 9.53 Å². The number of alkyl halides is 3. The molecule has 0 amide bonds. The monoisotopic (exact) mass is 396 g/mol. The zero-order valence-electron chi connectivity index (χ0n) is 15.3. The van der Waals surface area contributed by atoms with Crippen LogP contribution in [0.4, 0.5) is 13.2 Å². The van der Waals surface area contributed by atoms with Crippen molar-refractivity contribution in [2.24, 2.45) is 5.92 Å². The fourth-order valence-electron chi connectivity index (χ4n) is 2.47. The molecule has 2 rings (SSSR count). The number of hydrogen-bond acceptors (Lipinski definition) is 5. The number of esters is 1. The molecule has 5 nitrogen and oxygen atoms in total. The Balaban J connectivity index is 2.08. The summed E-state index contributed by atoms with van der Waals surface area (Å²) in [5.74, 6) is -0.645. The van der Waals surface area contributed by atoms with E-state index in [9.17, 15) is 22.8 Å². The predicted molar refractivity (Wildman–Crippen MR) is 95.2 cm³/mol. The van der Waals surface area contributed by atoms with Crippen molar-refractivity contribution in [3.63, 3.8) is 0 Å². The SMILES string of the molecule is COC(=O)C(C)CCOc1ccc(-c2ccc(OC(F)(F)F)cc2)cc1C=O. The lowest BCUT2D eigenvalue weighted by Gasteiger charge is -2.13. The number of benzene rings is 2. The fraction of sp³-hybridized carbons (Fsp3) is 0.300. The minimum absolute atomic E-state index is 0.222. The third-order valence-electron chi connectivity index (χ3n) is 3.97. The van der Waals surface area contributed by atoms with Gasteiger partial charge in [0, 0.05) is 0 Å². The summed E-state index contributed by atoms with van der Waals surface area (Å²) in [7, 11) is 1.31. The second-order valence-corrected chi connectivity index (χ2v) is 6.00. The summed E-state index contributed by atoms with van der Waals surface area (Å²) >= 11 is 0. The molecule has 1 atom stereocenters. The van der Waals surface area contributed by atoms with Crippen LogP contribution in [0.5, 0.6) is 11.5 Å². The molecular weight excluding hydrogens is 377 g/mol. The maximum atomic E-state index is 12.2. The van der Waals surface area contributed by atoms with Crippen molar-refractivity contribution in [1.82, 2.24) is 0 Å². The predicted octanol–water partition coefficient (Wildman–Crippen LogP) is 4.64. The number of rotatable bonds is 8. The first-order chi connectivity index (χ1) is 13.2. The van der Waals surface area contributed by atoms with Gasteiger partial charge in [0.1, 0.15) is 11.5 Å². The molecule has 0 aliphatic carbocycles. The summed E-state index contributed by atoms with van der Waals surface area (Å²) in [5, 5.41) is 0. The van der Waals surface area contributed by atoms with Crippen LogP contribution in [-0.4, -0.2) is 32.3 Å². The van der Waals surface area contributed by atoms with Gasteiger partial charge in [0.25, 0.3) is 0 Å². The Morgan fingerprint density at radius 3 is 2.32 bits per heavy atom. The Morgan fingerprint density at radius 1 is 1.11 bits per heavy atom. The molecule has 0 fully saturated rings. The van der Waals surface area contributed by atoms with Gasteiger partial charge in [0.2, 0.25) is 0 Å². The lowest BCUT2D eigenvalue weighted by molar-refractivity contribution is -0.274. The van der Waals surface area contributed by atoms with Crippen LogP contribution < -0.4 is 9.47 Å². The van der Waals surface area contributed by atoms with Gasteiger partial charge in [-0.25, -0.2) is 0 Å². The first-order valence-electron chi connectivity index (χ1n) is 8.39. The molecule has 0 aliphatic rings. The molecule has 0 N–H and O–H groups in total. The highest BCUT2D eigenvalue weighted by atomic mass is 19.4. The van der Waals surface area contributed by atoms with Crippen LogP contribution in [0.15, 0.2) is 42.5 Å². The smallest absolute Gasteiger partial charge is 0.493 e. The highest BCUT2D eigenvalue weighted by molar-refractivity contribution is 5.83. The summed E-state index contributed by atoms with van der Waals surface area (Å²) < 4.78 is 50.7. The van der Waals surface area contributed by atoms with Crippen molar-refractivity contribution in [3.8, 4) is 22.6 Å². The number of carbonyl (C=O) groups is 2. The number of halogens is 3. The van der Waals surface area contributed by atoms with E-state index >= 15 is 0 Å². The number of methoxy groups -OCH3 is 1. The zero-order valence-corrected chi connectivity index (χ0v) is 15.3. The van der Waals surface area contributed by atoms with Gasteiger partial charge in [0.05, 0.1) is 25.2 Å². The van der Waals surface area contributed by atoms with E-state index in [1.807, 2.05) is 0 Å². The Labute approximate surface area is 160 Å². The molecular formula is C20H19F3O5. The average molecular weight is 396 g/mol. The molecule has 0 heterocycles. The molecule has 0 spiro atoms. The molecule has 0 saturated carbocycles. The average Bonchev–Trinajstić information content (AvgIpc) is 2.66. The summed E-state index contributed by atoms with van der Waals surface area (Å²) in [6, 6.07) is 10.2. The van der Waals surface area contributed by atoms with E-state index in [2.05, 4.69) is 9.47 Å². The first-order valence-corrected chi connectivity index (χ1v) is 8.39. The second kappa shape index (κ2) is 9.25. The van der Waals surface area contributed by atoms with E-state index in [-0.39, 0.29) is 24.2 Å². The Hall–Kier alpha value is -3.03. The maximum Gasteiger partial charge on any atom is 0.573 e.